The summed E-state index contributed by atoms with van der Waals surface area (Å²) >= 11 is 1.65. The van der Waals surface area contributed by atoms with Gasteiger partial charge in [0.05, 0.1) is 4.90 Å². The topological polar surface area (TPSA) is 77.0 Å². The highest BCUT2D eigenvalue weighted by atomic mass is 32.2. The van der Waals surface area contributed by atoms with Crippen molar-refractivity contribution in [2.45, 2.75) is 18.0 Å². The standard InChI is InChI=1S/C19H27N5O2S2/c1-20-19(21-13-16-7-12-27-15-16)22-14-17-5-3-4-6-18(17)28(25,26)24-10-8-23(2)9-11-24/h3-7,12,15H,8-11,13-14H2,1-2H3,(H2,20,21,22). The number of sulfonamides is 1. The zero-order valence-electron chi connectivity index (χ0n) is 16.3. The lowest BCUT2D eigenvalue weighted by atomic mass is 10.2. The van der Waals surface area contributed by atoms with Gasteiger partial charge in [0.15, 0.2) is 5.96 Å². The highest BCUT2D eigenvalue weighted by Gasteiger charge is 2.29. The van der Waals surface area contributed by atoms with Gasteiger partial charge in [0.2, 0.25) is 10.0 Å². The zero-order chi connectivity index (χ0) is 20.0. The van der Waals surface area contributed by atoms with Crippen molar-refractivity contribution in [1.29, 1.82) is 0 Å². The van der Waals surface area contributed by atoms with E-state index in [0.717, 1.165) is 18.7 Å². The van der Waals surface area contributed by atoms with Gasteiger partial charge in [-0.15, -0.1) is 0 Å². The Morgan fingerprint density at radius 3 is 2.50 bits per heavy atom. The van der Waals surface area contributed by atoms with Crippen LogP contribution in [0.15, 0.2) is 51.0 Å². The van der Waals surface area contributed by atoms with Crippen LogP contribution in [0.25, 0.3) is 0 Å². The van der Waals surface area contributed by atoms with Gasteiger partial charge in [-0.3, -0.25) is 4.99 Å². The summed E-state index contributed by atoms with van der Waals surface area (Å²) in [6.07, 6.45) is 0. The van der Waals surface area contributed by atoms with Gasteiger partial charge in [-0.05, 0) is 41.1 Å². The van der Waals surface area contributed by atoms with Gasteiger partial charge in [-0.1, -0.05) is 18.2 Å². The van der Waals surface area contributed by atoms with E-state index in [4.69, 9.17) is 0 Å². The summed E-state index contributed by atoms with van der Waals surface area (Å²) in [6.45, 7) is 3.59. The minimum Gasteiger partial charge on any atom is -0.352 e. The van der Waals surface area contributed by atoms with Crippen LogP contribution in [-0.4, -0.2) is 63.9 Å². The molecule has 0 radical (unpaired) electrons. The Morgan fingerprint density at radius 2 is 1.82 bits per heavy atom. The maximum atomic E-state index is 13.1. The molecule has 1 fully saturated rings. The quantitative estimate of drug-likeness (QED) is 0.547. The van der Waals surface area contributed by atoms with Crippen LogP contribution in [0.4, 0.5) is 0 Å². The first kappa shape index (κ1) is 20.8. The van der Waals surface area contributed by atoms with Gasteiger partial charge in [-0.25, -0.2) is 8.42 Å². The third kappa shape index (κ3) is 5.11. The lowest BCUT2D eigenvalue weighted by molar-refractivity contribution is 0.222. The van der Waals surface area contributed by atoms with E-state index in [1.54, 1.807) is 34.8 Å². The Balaban J connectivity index is 1.67. The highest BCUT2D eigenvalue weighted by Crippen LogP contribution is 2.21. The molecule has 3 rings (SSSR count). The molecule has 7 nitrogen and oxygen atoms in total. The molecule has 1 aliphatic heterocycles. The average molecular weight is 422 g/mol. The molecule has 28 heavy (non-hydrogen) atoms. The third-order valence-electron chi connectivity index (χ3n) is 4.76. The first-order valence-corrected chi connectivity index (χ1v) is 11.6. The molecule has 9 heteroatoms. The third-order valence-corrected chi connectivity index (χ3v) is 7.49. The van der Waals surface area contributed by atoms with E-state index in [1.807, 2.05) is 24.6 Å². The van der Waals surface area contributed by atoms with E-state index < -0.39 is 10.0 Å². The van der Waals surface area contributed by atoms with E-state index >= 15 is 0 Å². The molecule has 152 valence electrons. The molecule has 1 aromatic heterocycles. The molecule has 0 bridgehead atoms. The second kappa shape index (κ2) is 9.51. The lowest BCUT2D eigenvalue weighted by Crippen LogP contribution is -2.47. The van der Waals surface area contributed by atoms with Crippen LogP contribution in [0.5, 0.6) is 0 Å². The van der Waals surface area contributed by atoms with Gasteiger partial charge in [0, 0.05) is 46.3 Å². The average Bonchev–Trinajstić information content (AvgIpc) is 3.22. The van der Waals surface area contributed by atoms with Crippen LogP contribution in [-0.2, 0) is 23.1 Å². The van der Waals surface area contributed by atoms with Gasteiger partial charge in [-0.2, -0.15) is 15.6 Å². The molecular formula is C19H27N5O2S2. The number of piperazine rings is 1. The van der Waals surface area contributed by atoms with Crippen molar-refractivity contribution in [2.75, 3.05) is 40.3 Å². The second-order valence-electron chi connectivity index (χ2n) is 6.73. The van der Waals surface area contributed by atoms with Crippen LogP contribution >= 0.6 is 11.3 Å². The van der Waals surface area contributed by atoms with Crippen molar-refractivity contribution in [3.8, 4) is 0 Å². The summed E-state index contributed by atoms with van der Waals surface area (Å²) < 4.78 is 27.9. The number of thiophene rings is 1. The molecule has 1 aromatic carbocycles. The van der Waals surface area contributed by atoms with E-state index in [1.165, 1.54) is 5.56 Å². The van der Waals surface area contributed by atoms with Gasteiger partial charge < -0.3 is 15.5 Å². The molecule has 1 aliphatic rings. The molecule has 0 amide bonds. The molecule has 0 spiro atoms. The number of nitrogens with one attached hydrogen (secondary N) is 2. The van der Waals surface area contributed by atoms with Crippen molar-refractivity contribution in [3.05, 3.63) is 52.2 Å². The molecular weight excluding hydrogens is 394 g/mol. The monoisotopic (exact) mass is 421 g/mol. The highest BCUT2D eigenvalue weighted by molar-refractivity contribution is 7.89. The Morgan fingerprint density at radius 1 is 1.11 bits per heavy atom. The maximum absolute atomic E-state index is 13.1. The second-order valence-corrected chi connectivity index (χ2v) is 9.41. The van der Waals surface area contributed by atoms with E-state index in [9.17, 15) is 8.42 Å². The lowest BCUT2D eigenvalue weighted by Gasteiger charge is -2.32. The van der Waals surface area contributed by atoms with Crippen molar-refractivity contribution in [1.82, 2.24) is 19.8 Å². The number of hydrogen-bond acceptors (Lipinski definition) is 5. The summed E-state index contributed by atoms with van der Waals surface area (Å²) in [7, 11) is 0.204. The maximum Gasteiger partial charge on any atom is 0.243 e. The normalized spacial score (nSPS) is 16.9. The summed E-state index contributed by atoms with van der Waals surface area (Å²) in [5, 5.41) is 10.6. The fourth-order valence-corrected chi connectivity index (χ4v) is 5.36. The summed E-state index contributed by atoms with van der Waals surface area (Å²) in [6, 6.07) is 9.23. The number of nitrogens with zero attached hydrogens (tertiary/aromatic N) is 3. The number of aliphatic imine (C=N–C) groups is 1. The Kier molecular flexibility index (Phi) is 7.06. The van der Waals surface area contributed by atoms with Gasteiger partial charge >= 0.3 is 0 Å². The fourth-order valence-electron chi connectivity index (χ4n) is 3.05. The van der Waals surface area contributed by atoms with E-state index in [-0.39, 0.29) is 0 Å². The largest absolute Gasteiger partial charge is 0.352 e. The van der Waals surface area contributed by atoms with Crippen LogP contribution in [0, 0.1) is 0 Å². The molecule has 0 aliphatic carbocycles. The first-order valence-electron chi connectivity index (χ1n) is 9.23. The smallest absolute Gasteiger partial charge is 0.243 e. The van der Waals surface area contributed by atoms with Gasteiger partial charge in [0.25, 0.3) is 0 Å². The van der Waals surface area contributed by atoms with Crippen LogP contribution in [0.3, 0.4) is 0 Å². The van der Waals surface area contributed by atoms with Crippen LogP contribution in [0.2, 0.25) is 0 Å². The predicted octanol–water partition coefficient (Wildman–Crippen LogP) is 1.55. The minimum atomic E-state index is -3.51. The molecule has 2 heterocycles. The Labute approximate surface area is 171 Å². The van der Waals surface area contributed by atoms with Crippen molar-refractivity contribution in [2.24, 2.45) is 4.99 Å². The molecule has 2 N–H and O–H groups in total. The van der Waals surface area contributed by atoms with Gasteiger partial charge in [0.1, 0.15) is 0 Å². The summed E-state index contributed by atoms with van der Waals surface area (Å²) in [4.78, 5) is 6.73. The molecule has 2 aromatic rings. The number of hydrogen-bond donors (Lipinski definition) is 2. The molecule has 0 unspecified atom stereocenters. The Hall–Kier alpha value is -1.94. The van der Waals surface area contributed by atoms with E-state index in [0.29, 0.717) is 37.0 Å². The summed E-state index contributed by atoms with van der Waals surface area (Å²) in [5.41, 5.74) is 1.92. The molecule has 0 atom stereocenters. The number of guanidine groups is 1. The zero-order valence-corrected chi connectivity index (χ0v) is 17.9. The fraction of sp³-hybridized carbons (Fsp3) is 0.421. The first-order chi connectivity index (χ1) is 13.5. The van der Waals surface area contributed by atoms with E-state index in [2.05, 4.69) is 32.0 Å². The van der Waals surface area contributed by atoms with Crippen molar-refractivity contribution >= 4 is 27.3 Å². The van der Waals surface area contributed by atoms with Crippen molar-refractivity contribution in [3.63, 3.8) is 0 Å². The molecule has 1 saturated heterocycles. The van der Waals surface area contributed by atoms with Crippen LogP contribution < -0.4 is 10.6 Å². The number of likely N-dealkylation sites (N-methyl/N-ethyl adjacent to an activating group) is 1. The summed E-state index contributed by atoms with van der Waals surface area (Å²) in [5.74, 6) is 0.637. The van der Waals surface area contributed by atoms with Crippen molar-refractivity contribution < 1.29 is 8.42 Å². The number of rotatable bonds is 6. The predicted molar refractivity (Wildman–Crippen MR) is 114 cm³/mol. The number of benzene rings is 1. The Bertz CT molecular complexity index is 889. The minimum absolute atomic E-state index is 0.361. The SMILES string of the molecule is CN=C(NCc1ccsc1)NCc1ccccc1S(=O)(=O)N1CCN(C)CC1. The molecule has 0 saturated carbocycles. The van der Waals surface area contributed by atoms with Crippen LogP contribution in [0.1, 0.15) is 11.1 Å².